The van der Waals surface area contributed by atoms with E-state index in [0.29, 0.717) is 5.95 Å². The Hall–Kier alpha value is -2.66. The minimum absolute atomic E-state index is 0.670. The molecule has 0 aliphatic heterocycles. The third-order valence-corrected chi connectivity index (χ3v) is 3.56. The van der Waals surface area contributed by atoms with Crippen LogP contribution in [0.4, 0.5) is 11.6 Å². The van der Waals surface area contributed by atoms with Crippen LogP contribution in [0.2, 0.25) is 0 Å². The summed E-state index contributed by atoms with van der Waals surface area (Å²) in [6.07, 6.45) is 3.47. The van der Waals surface area contributed by atoms with E-state index in [0.717, 1.165) is 26.2 Å². The smallest absolute Gasteiger partial charge is 0.222 e. The number of hydrogen-bond acceptors (Lipinski definition) is 5. The van der Waals surface area contributed by atoms with Gasteiger partial charge in [0.15, 0.2) is 0 Å². The Bertz CT molecular complexity index is 724. The van der Waals surface area contributed by atoms with E-state index in [4.69, 9.17) is 0 Å². The molecular weight excluding hydrogens is 286 g/mol. The molecule has 23 heavy (non-hydrogen) atoms. The molecule has 1 heterocycles. The number of nitrogens with zero attached hydrogens (tertiary/aromatic N) is 2. The first kappa shape index (κ1) is 15.2. The van der Waals surface area contributed by atoms with Crippen molar-refractivity contribution in [1.29, 1.82) is 0 Å². The van der Waals surface area contributed by atoms with Crippen molar-refractivity contribution < 1.29 is 0 Å². The number of nitrogens with one attached hydrogen (secondary N) is 3. The highest BCUT2D eigenvalue weighted by atomic mass is 15.1. The molecule has 0 saturated heterocycles. The van der Waals surface area contributed by atoms with Gasteiger partial charge in [-0.3, -0.25) is 0 Å². The normalized spacial score (nSPS) is 10.6. The van der Waals surface area contributed by atoms with Crippen molar-refractivity contribution in [3.63, 3.8) is 0 Å². The average Bonchev–Trinajstić information content (AvgIpc) is 2.62. The van der Waals surface area contributed by atoms with Gasteiger partial charge in [-0.2, -0.15) is 0 Å². The molecule has 2 aromatic carbocycles. The van der Waals surface area contributed by atoms with E-state index >= 15 is 0 Å². The van der Waals surface area contributed by atoms with Crippen molar-refractivity contribution >= 4 is 22.4 Å². The zero-order chi connectivity index (χ0) is 15.7. The first-order chi connectivity index (χ1) is 11.4. The van der Waals surface area contributed by atoms with E-state index in [-0.39, 0.29) is 0 Å². The molecular formula is C18H21N5. The lowest BCUT2D eigenvalue weighted by molar-refractivity contribution is 0.717. The van der Waals surface area contributed by atoms with Gasteiger partial charge in [0.2, 0.25) is 5.95 Å². The molecule has 0 amide bonds. The molecule has 118 valence electrons. The summed E-state index contributed by atoms with van der Waals surface area (Å²) in [5.74, 6) is 0.670. The number of aromatic nitrogens is 2. The molecule has 3 rings (SSSR count). The average molecular weight is 307 g/mol. The van der Waals surface area contributed by atoms with Gasteiger partial charge in [-0.1, -0.05) is 36.4 Å². The predicted octanol–water partition coefficient (Wildman–Crippen LogP) is 2.74. The van der Waals surface area contributed by atoms with Crippen molar-refractivity contribution in [1.82, 2.24) is 15.3 Å². The Morgan fingerprint density at radius 3 is 2.30 bits per heavy atom. The quantitative estimate of drug-likeness (QED) is 0.559. The summed E-state index contributed by atoms with van der Waals surface area (Å²) in [7, 11) is 0. The fraction of sp³-hybridized carbons (Fsp3) is 0.222. The second kappa shape index (κ2) is 8.10. The van der Waals surface area contributed by atoms with Gasteiger partial charge in [-0.05, 0) is 17.5 Å². The molecule has 0 spiro atoms. The van der Waals surface area contributed by atoms with E-state index in [9.17, 15) is 0 Å². The third-order valence-electron chi connectivity index (χ3n) is 3.56. The SMILES string of the molecule is c1cnc(NCCNCCNc2cccc3ccccc23)nc1. The summed E-state index contributed by atoms with van der Waals surface area (Å²) in [4.78, 5) is 8.24. The summed E-state index contributed by atoms with van der Waals surface area (Å²) >= 11 is 0. The van der Waals surface area contributed by atoms with Gasteiger partial charge >= 0.3 is 0 Å². The molecule has 5 heteroatoms. The zero-order valence-electron chi connectivity index (χ0n) is 13.0. The van der Waals surface area contributed by atoms with Gasteiger partial charge in [-0.25, -0.2) is 9.97 Å². The molecule has 0 radical (unpaired) electrons. The zero-order valence-corrected chi connectivity index (χ0v) is 13.0. The Labute approximate surface area is 136 Å². The fourth-order valence-electron chi connectivity index (χ4n) is 2.44. The lowest BCUT2D eigenvalue weighted by atomic mass is 10.1. The lowest BCUT2D eigenvalue weighted by Gasteiger charge is -2.11. The monoisotopic (exact) mass is 307 g/mol. The van der Waals surface area contributed by atoms with Crippen LogP contribution in [0.5, 0.6) is 0 Å². The van der Waals surface area contributed by atoms with Crippen LogP contribution >= 0.6 is 0 Å². The largest absolute Gasteiger partial charge is 0.383 e. The maximum absolute atomic E-state index is 4.12. The van der Waals surface area contributed by atoms with E-state index in [1.807, 2.05) is 6.07 Å². The van der Waals surface area contributed by atoms with Gasteiger partial charge in [-0.15, -0.1) is 0 Å². The Kier molecular flexibility index (Phi) is 5.37. The molecule has 0 aliphatic carbocycles. The van der Waals surface area contributed by atoms with Gasteiger partial charge in [0.25, 0.3) is 0 Å². The predicted molar refractivity (Wildman–Crippen MR) is 95.8 cm³/mol. The molecule has 0 unspecified atom stereocenters. The first-order valence-corrected chi connectivity index (χ1v) is 7.87. The molecule has 5 nitrogen and oxygen atoms in total. The van der Waals surface area contributed by atoms with Crippen LogP contribution in [0.25, 0.3) is 10.8 Å². The van der Waals surface area contributed by atoms with E-state index < -0.39 is 0 Å². The standard InChI is InChI=1S/C18H21N5/c1-2-7-16-15(5-1)6-3-8-17(16)20-13-11-19-12-14-23-18-21-9-4-10-22-18/h1-10,19-20H,11-14H2,(H,21,22,23). The highest BCUT2D eigenvalue weighted by molar-refractivity contribution is 5.93. The molecule has 0 atom stereocenters. The molecule has 0 saturated carbocycles. The summed E-state index contributed by atoms with van der Waals surface area (Å²) in [6, 6.07) is 16.6. The van der Waals surface area contributed by atoms with Crippen LogP contribution in [0.1, 0.15) is 0 Å². The minimum Gasteiger partial charge on any atom is -0.383 e. The number of hydrogen-bond donors (Lipinski definition) is 3. The molecule has 3 aromatic rings. The van der Waals surface area contributed by atoms with Crippen molar-refractivity contribution in [2.75, 3.05) is 36.8 Å². The van der Waals surface area contributed by atoms with Crippen molar-refractivity contribution in [2.45, 2.75) is 0 Å². The number of anilines is 2. The Morgan fingerprint density at radius 1 is 0.696 bits per heavy atom. The van der Waals surface area contributed by atoms with E-state index in [1.54, 1.807) is 12.4 Å². The number of benzene rings is 2. The lowest BCUT2D eigenvalue weighted by Crippen LogP contribution is -2.27. The van der Waals surface area contributed by atoms with Crippen molar-refractivity contribution in [3.05, 3.63) is 60.9 Å². The molecule has 1 aromatic heterocycles. The van der Waals surface area contributed by atoms with Crippen LogP contribution < -0.4 is 16.0 Å². The van der Waals surface area contributed by atoms with Crippen LogP contribution in [0.15, 0.2) is 60.9 Å². The highest BCUT2D eigenvalue weighted by Crippen LogP contribution is 2.22. The third kappa shape index (κ3) is 4.40. The minimum atomic E-state index is 0.670. The van der Waals surface area contributed by atoms with Gasteiger partial charge in [0.05, 0.1) is 0 Å². The molecule has 0 fully saturated rings. The topological polar surface area (TPSA) is 61.9 Å². The maximum atomic E-state index is 4.12. The molecule has 0 bridgehead atoms. The summed E-state index contributed by atoms with van der Waals surface area (Å²) in [5.41, 5.74) is 1.18. The number of fused-ring (bicyclic) bond motifs is 1. The van der Waals surface area contributed by atoms with Gasteiger partial charge < -0.3 is 16.0 Å². The Morgan fingerprint density at radius 2 is 1.43 bits per heavy atom. The van der Waals surface area contributed by atoms with Gasteiger partial charge in [0.1, 0.15) is 0 Å². The van der Waals surface area contributed by atoms with Crippen LogP contribution in [-0.4, -0.2) is 36.1 Å². The first-order valence-electron chi connectivity index (χ1n) is 7.87. The van der Waals surface area contributed by atoms with Gasteiger partial charge in [0, 0.05) is 49.6 Å². The second-order valence-corrected chi connectivity index (χ2v) is 5.20. The van der Waals surface area contributed by atoms with Crippen molar-refractivity contribution in [2.24, 2.45) is 0 Å². The highest BCUT2D eigenvalue weighted by Gasteiger charge is 1.98. The van der Waals surface area contributed by atoms with Crippen LogP contribution in [-0.2, 0) is 0 Å². The van der Waals surface area contributed by atoms with Crippen LogP contribution in [0, 0.1) is 0 Å². The number of rotatable bonds is 8. The Balaban J connectivity index is 1.37. The fourth-order valence-corrected chi connectivity index (χ4v) is 2.44. The second-order valence-electron chi connectivity index (χ2n) is 5.20. The van der Waals surface area contributed by atoms with Crippen LogP contribution in [0.3, 0.4) is 0 Å². The summed E-state index contributed by atoms with van der Waals surface area (Å²) in [5, 5.41) is 12.6. The van der Waals surface area contributed by atoms with E-state index in [1.165, 1.54) is 16.5 Å². The molecule has 0 aliphatic rings. The molecule has 3 N–H and O–H groups in total. The summed E-state index contributed by atoms with van der Waals surface area (Å²) < 4.78 is 0. The van der Waals surface area contributed by atoms with Crippen molar-refractivity contribution in [3.8, 4) is 0 Å². The van der Waals surface area contributed by atoms with E-state index in [2.05, 4.69) is 68.4 Å². The summed E-state index contributed by atoms with van der Waals surface area (Å²) in [6.45, 7) is 3.46. The maximum Gasteiger partial charge on any atom is 0.222 e.